The summed E-state index contributed by atoms with van der Waals surface area (Å²) in [6.45, 7) is 6.52. The van der Waals surface area contributed by atoms with E-state index in [4.69, 9.17) is 11.5 Å². The predicted octanol–water partition coefficient (Wildman–Crippen LogP) is 10.1. The van der Waals surface area contributed by atoms with Gasteiger partial charge in [0.25, 0.3) is 0 Å². The van der Waals surface area contributed by atoms with Crippen molar-refractivity contribution in [2.24, 2.45) is 0 Å². The van der Waals surface area contributed by atoms with E-state index in [-0.39, 0.29) is 22.2 Å². The highest BCUT2D eigenvalue weighted by atomic mass is 16.1. The third kappa shape index (κ3) is 14.0. The normalized spacial score (nSPS) is 10.5. The van der Waals surface area contributed by atoms with E-state index in [2.05, 4.69) is 73.0 Å². The lowest BCUT2D eigenvalue weighted by Crippen LogP contribution is -2.01. The van der Waals surface area contributed by atoms with Crippen LogP contribution in [0.4, 0.5) is 22.7 Å². The molecular weight excluding hydrogens is 592 g/mol. The molecule has 0 saturated carbocycles. The van der Waals surface area contributed by atoms with Gasteiger partial charge in [0, 0.05) is 24.5 Å². The average molecular weight is 649 g/mol. The number of unbranched alkanes of at least 4 members (excludes halogenated alkanes) is 10. The zero-order valence-electron chi connectivity index (χ0n) is 29.1. The highest BCUT2D eigenvalue weighted by Crippen LogP contribution is 2.22. The van der Waals surface area contributed by atoms with Crippen LogP contribution in [0.1, 0.15) is 90.9 Å². The van der Waals surface area contributed by atoms with E-state index < -0.39 is 0 Å². The minimum Gasteiger partial charge on any atom is -0.396 e. The first kappa shape index (κ1) is 37.9. The minimum absolute atomic E-state index is 0.140. The Labute approximate surface area is 288 Å². The molecule has 0 aliphatic rings. The number of nitrogens with two attached hydrogens (primary N) is 2. The monoisotopic (exact) mass is 648 g/mol. The topological polar surface area (TPSA) is 110 Å². The molecule has 48 heavy (non-hydrogen) atoms. The molecule has 0 spiro atoms. The average Bonchev–Trinajstić information content (AvgIpc) is 3.39. The summed E-state index contributed by atoms with van der Waals surface area (Å²) in [4.78, 5) is 23.1. The molecule has 6 nitrogen and oxygen atoms in total. The lowest BCUT2D eigenvalue weighted by molar-refractivity contribution is 0.617. The molecule has 0 unspecified atom stereocenters. The molecule has 256 valence electrons. The Kier molecular flexibility index (Phi) is 17.4. The van der Waals surface area contributed by atoms with Crippen LogP contribution in [-0.4, -0.2) is 13.1 Å². The molecule has 0 fully saturated rings. The maximum absolute atomic E-state index is 11.6. The zero-order chi connectivity index (χ0) is 34.4. The Bertz CT molecular complexity index is 1480. The lowest BCUT2D eigenvalue weighted by Gasteiger charge is -2.07. The van der Waals surface area contributed by atoms with Gasteiger partial charge in [0.2, 0.25) is 10.9 Å². The molecule has 0 heterocycles. The van der Waals surface area contributed by atoms with Gasteiger partial charge in [0.05, 0.1) is 11.4 Å². The third-order valence-corrected chi connectivity index (χ3v) is 8.44. The van der Waals surface area contributed by atoms with Crippen LogP contribution in [0, 0.1) is 0 Å². The van der Waals surface area contributed by atoms with Gasteiger partial charge in [-0.15, -0.1) is 0 Å². The largest absolute Gasteiger partial charge is 0.396 e. The maximum Gasteiger partial charge on any atom is 0.201 e. The second-order valence-electron chi connectivity index (χ2n) is 12.4. The summed E-state index contributed by atoms with van der Waals surface area (Å²) in [6.07, 6.45) is 15.7. The van der Waals surface area contributed by atoms with Crippen molar-refractivity contribution in [3.8, 4) is 22.3 Å². The summed E-state index contributed by atoms with van der Waals surface area (Å²) in [6, 6.07) is 30.4. The molecule has 0 radical (unpaired) electrons. The van der Waals surface area contributed by atoms with E-state index in [1.165, 1.54) is 89.2 Å². The molecule has 0 bridgehead atoms. The second kappa shape index (κ2) is 22.1. The van der Waals surface area contributed by atoms with Gasteiger partial charge < -0.3 is 22.1 Å². The summed E-state index contributed by atoms with van der Waals surface area (Å²) in [5.41, 5.74) is 18.0. The maximum atomic E-state index is 11.6. The fourth-order valence-corrected chi connectivity index (χ4v) is 5.38. The van der Waals surface area contributed by atoms with Crippen molar-refractivity contribution < 1.29 is 0 Å². The summed E-state index contributed by atoms with van der Waals surface area (Å²) < 4.78 is 0. The first-order valence-corrected chi connectivity index (χ1v) is 17.9. The molecular formula is C42H56N4O2. The quantitative estimate of drug-likeness (QED) is 0.0799. The van der Waals surface area contributed by atoms with E-state index in [9.17, 15) is 9.59 Å². The first-order valence-electron chi connectivity index (χ1n) is 17.9. The van der Waals surface area contributed by atoms with Gasteiger partial charge in [-0.3, -0.25) is 9.59 Å². The highest BCUT2D eigenvalue weighted by Gasteiger charge is 2.01. The SMILES string of the molecule is CCCCCCCCNc1ccc(-c2ccc(N)c(=O)cc2)cc1.CCCCCCCCNc1ccc(-c2ccc(N)c(=O)cc2)cc1. The fraction of sp³-hybridized carbons (Fsp3) is 0.381. The van der Waals surface area contributed by atoms with Crippen molar-refractivity contribution in [1.29, 1.82) is 0 Å². The van der Waals surface area contributed by atoms with Gasteiger partial charge in [-0.2, -0.15) is 0 Å². The molecule has 6 heteroatoms. The molecule has 4 rings (SSSR count). The number of anilines is 4. The first-order chi connectivity index (χ1) is 23.4. The molecule has 4 aromatic rings. The molecule has 4 aromatic carbocycles. The number of hydrogen-bond donors (Lipinski definition) is 4. The smallest absolute Gasteiger partial charge is 0.201 e. The number of nitrogen functional groups attached to an aromatic ring is 2. The number of benzene rings is 2. The van der Waals surface area contributed by atoms with E-state index in [0.29, 0.717) is 0 Å². The summed E-state index contributed by atoms with van der Waals surface area (Å²) in [7, 11) is 0. The zero-order valence-corrected chi connectivity index (χ0v) is 29.1. The molecule has 6 N–H and O–H groups in total. The Morgan fingerprint density at radius 3 is 1.04 bits per heavy atom. The molecule has 0 atom stereocenters. The molecule has 0 aliphatic heterocycles. The van der Waals surface area contributed by atoms with Gasteiger partial charge in [-0.25, -0.2) is 0 Å². The minimum atomic E-state index is -0.140. The van der Waals surface area contributed by atoms with Crippen LogP contribution in [0.15, 0.2) is 107 Å². The Morgan fingerprint density at radius 2 is 0.688 bits per heavy atom. The van der Waals surface area contributed by atoms with Crippen molar-refractivity contribution in [2.75, 3.05) is 35.2 Å². The molecule has 0 aliphatic carbocycles. The van der Waals surface area contributed by atoms with Crippen LogP contribution in [0.5, 0.6) is 0 Å². The lowest BCUT2D eigenvalue weighted by atomic mass is 10.1. The van der Waals surface area contributed by atoms with Gasteiger partial charge >= 0.3 is 0 Å². The van der Waals surface area contributed by atoms with E-state index in [1.807, 2.05) is 24.3 Å². The van der Waals surface area contributed by atoms with E-state index in [1.54, 1.807) is 12.1 Å². The molecule has 0 amide bonds. The van der Waals surface area contributed by atoms with Crippen molar-refractivity contribution in [3.63, 3.8) is 0 Å². The number of rotatable bonds is 18. The number of nitrogens with one attached hydrogen (secondary N) is 2. The summed E-state index contributed by atoms with van der Waals surface area (Å²) in [5.74, 6) is 0. The fourth-order valence-electron chi connectivity index (χ4n) is 5.38. The molecule has 0 aromatic heterocycles. The summed E-state index contributed by atoms with van der Waals surface area (Å²) >= 11 is 0. The van der Waals surface area contributed by atoms with Crippen molar-refractivity contribution >= 4 is 22.7 Å². The molecule has 0 saturated heterocycles. The second-order valence-corrected chi connectivity index (χ2v) is 12.4. The van der Waals surface area contributed by atoms with Crippen molar-refractivity contribution in [3.05, 3.63) is 118 Å². The van der Waals surface area contributed by atoms with E-state index >= 15 is 0 Å². The Morgan fingerprint density at radius 1 is 0.396 bits per heavy atom. The van der Waals surface area contributed by atoms with Crippen LogP contribution >= 0.6 is 0 Å². The van der Waals surface area contributed by atoms with Gasteiger partial charge in [-0.05, 0) is 83.6 Å². The van der Waals surface area contributed by atoms with Crippen LogP contribution in [0.25, 0.3) is 22.3 Å². The van der Waals surface area contributed by atoms with Crippen molar-refractivity contribution in [2.45, 2.75) is 90.9 Å². The Hall–Kier alpha value is -4.58. The standard InChI is InChI=1S/2C21H28N2O/c2*1-2-3-4-5-6-7-16-23-19-12-8-17(9-13-19)18-10-14-20(22)21(24)15-11-18/h2*8-15,23H,2-7,16H2,1H3,(H2,22,24). The predicted molar refractivity (Wildman–Crippen MR) is 209 cm³/mol. The van der Waals surface area contributed by atoms with Gasteiger partial charge in [0.1, 0.15) is 0 Å². The van der Waals surface area contributed by atoms with Crippen LogP contribution in [-0.2, 0) is 0 Å². The number of hydrogen-bond acceptors (Lipinski definition) is 6. The van der Waals surface area contributed by atoms with Crippen LogP contribution in [0.3, 0.4) is 0 Å². The Balaban J connectivity index is 0.000000260. The van der Waals surface area contributed by atoms with Gasteiger partial charge in [0.15, 0.2) is 0 Å². The third-order valence-electron chi connectivity index (χ3n) is 8.44. The van der Waals surface area contributed by atoms with Crippen LogP contribution < -0.4 is 33.0 Å². The van der Waals surface area contributed by atoms with E-state index in [0.717, 1.165) is 46.7 Å². The highest BCUT2D eigenvalue weighted by molar-refractivity contribution is 5.67. The van der Waals surface area contributed by atoms with Crippen LogP contribution in [0.2, 0.25) is 0 Å². The van der Waals surface area contributed by atoms with Crippen molar-refractivity contribution in [1.82, 2.24) is 0 Å². The van der Waals surface area contributed by atoms with Gasteiger partial charge in [-0.1, -0.05) is 127 Å². The summed E-state index contributed by atoms with van der Waals surface area (Å²) in [5, 5.41) is 6.94.